The molecule has 4 nitrogen and oxygen atoms in total. The summed E-state index contributed by atoms with van der Waals surface area (Å²) in [5.74, 6) is 0.551. The minimum absolute atomic E-state index is 0.551. The third kappa shape index (κ3) is 2.54. The quantitative estimate of drug-likeness (QED) is 0.666. The lowest BCUT2D eigenvalue weighted by molar-refractivity contribution is 0.127. The number of aromatic nitrogens is 2. The van der Waals surface area contributed by atoms with Crippen LogP contribution in [-0.4, -0.2) is 22.8 Å². The van der Waals surface area contributed by atoms with Crippen LogP contribution in [0.15, 0.2) is 12.4 Å². The van der Waals surface area contributed by atoms with E-state index < -0.39 is 0 Å². The molecule has 0 unspecified atom stereocenters. The summed E-state index contributed by atoms with van der Waals surface area (Å²) in [5, 5.41) is 0. The predicted octanol–water partition coefficient (Wildman–Crippen LogP) is 0.892. The van der Waals surface area contributed by atoms with Gasteiger partial charge in [0.2, 0.25) is 0 Å². The third-order valence-corrected chi connectivity index (χ3v) is 1.57. The Bertz CT molecular complexity index is 222. The lowest BCUT2D eigenvalue weighted by Crippen LogP contribution is -2.08. The van der Waals surface area contributed by atoms with Gasteiger partial charge >= 0.3 is 0 Å². The van der Waals surface area contributed by atoms with E-state index in [1.807, 2.05) is 10.8 Å². The first kappa shape index (κ1) is 9.06. The lowest BCUT2D eigenvalue weighted by atomic mass is 10.5. The molecule has 0 bridgehead atoms. The van der Waals surface area contributed by atoms with Crippen molar-refractivity contribution in [2.75, 3.05) is 18.9 Å². The molecule has 1 rings (SSSR count). The average Bonchev–Trinajstić information content (AvgIpc) is 2.46. The van der Waals surface area contributed by atoms with Gasteiger partial charge < -0.3 is 15.0 Å². The summed E-state index contributed by atoms with van der Waals surface area (Å²) >= 11 is 0. The van der Waals surface area contributed by atoms with Crippen molar-refractivity contribution in [1.29, 1.82) is 0 Å². The number of nitrogens with two attached hydrogens (primary N) is 1. The first-order chi connectivity index (χ1) is 5.84. The van der Waals surface area contributed by atoms with Gasteiger partial charge in [0.25, 0.3) is 0 Å². The van der Waals surface area contributed by atoms with E-state index in [4.69, 9.17) is 10.5 Å². The molecule has 2 N–H and O–H groups in total. The van der Waals surface area contributed by atoms with Gasteiger partial charge in [-0.25, -0.2) is 4.98 Å². The molecule has 0 saturated heterocycles. The summed E-state index contributed by atoms with van der Waals surface area (Å²) in [6.45, 7) is 4.39. The van der Waals surface area contributed by atoms with Crippen LogP contribution in [0, 0.1) is 0 Å². The predicted molar refractivity (Wildman–Crippen MR) is 47.7 cm³/mol. The van der Waals surface area contributed by atoms with Crippen molar-refractivity contribution >= 4 is 5.95 Å². The van der Waals surface area contributed by atoms with Crippen molar-refractivity contribution < 1.29 is 4.74 Å². The van der Waals surface area contributed by atoms with Crippen LogP contribution in [0.4, 0.5) is 5.95 Å². The van der Waals surface area contributed by atoms with Crippen LogP contribution >= 0.6 is 0 Å². The first-order valence-electron chi connectivity index (χ1n) is 4.19. The maximum absolute atomic E-state index is 5.55. The number of hydrogen-bond acceptors (Lipinski definition) is 3. The molecular formula is C8H15N3O. The van der Waals surface area contributed by atoms with Crippen LogP contribution in [-0.2, 0) is 11.3 Å². The van der Waals surface area contributed by atoms with E-state index in [1.165, 1.54) is 0 Å². The van der Waals surface area contributed by atoms with Gasteiger partial charge in [-0.1, -0.05) is 6.92 Å². The maximum atomic E-state index is 5.55. The zero-order valence-corrected chi connectivity index (χ0v) is 7.36. The SMILES string of the molecule is CCCOCCn1ccnc1N. The Balaban J connectivity index is 2.20. The van der Waals surface area contributed by atoms with E-state index in [0.29, 0.717) is 12.6 Å². The van der Waals surface area contributed by atoms with Crippen LogP contribution in [0.2, 0.25) is 0 Å². The molecule has 0 saturated carbocycles. The fourth-order valence-electron chi connectivity index (χ4n) is 0.939. The molecule has 1 heterocycles. The van der Waals surface area contributed by atoms with E-state index >= 15 is 0 Å². The normalized spacial score (nSPS) is 10.4. The summed E-state index contributed by atoms with van der Waals surface area (Å²) in [4.78, 5) is 3.90. The highest BCUT2D eigenvalue weighted by atomic mass is 16.5. The molecule has 4 heteroatoms. The average molecular weight is 169 g/mol. The highest BCUT2D eigenvalue weighted by Gasteiger charge is 1.95. The van der Waals surface area contributed by atoms with Crippen LogP contribution in [0.25, 0.3) is 0 Å². The van der Waals surface area contributed by atoms with E-state index in [-0.39, 0.29) is 0 Å². The Labute approximate surface area is 72.3 Å². The molecule has 0 aliphatic carbocycles. The standard InChI is InChI=1S/C8H15N3O/c1-2-6-12-7-5-11-4-3-10-8(11)9/h3-4H,2,5-7H2,1H3,(H2,9,10). The molecule has 0 spiro atoms. The second-order valence-electron chi connectivity index (χ2n) is 2.59. The molecule has 0 aliphatic heterocycles. The van der Waals surface area contributed by atoms with Gasteiger partial charge in [-0.15, -0.1) is 0 Å². The van der Waals surface area contributed by atoms with Crippen molar-refractivity contribution in [2.24, 2.45) is 0 Å². The van der Waals surface area contributed by atoms with E-state index in [2.05, 4.69) is 11.9 Å². The second-order valence-corrected chi connectivity index (χ2v) is 2.59. The van der Waals surface area contributed by atoms with Crippen molar-refractivity contribution in [2.45, 2.75) is 19.9 Å². The molecule has 0 amide bonds. The Morgan fingerprint density at radius 3 is 3.00 bits per heavy atom. The van der Waals surface area contributed by atoms with Crippen LogP contribution in [0.3, 0.4) is 0 Å². The Morgan fingerprint density at radius 2 is 2.42 bits per heavy atom. The Morgan fingerprint density at radius 1 is 1.58 bits per heavy atom. The topological polar surface area (TPSA) is 53.1 Å². The van der Waals surface area contributed by atoms with Crippen LogP contribution in [0.5, 0.6) is 0 Å². The fraction of sp³-hybridized carbons (Fsp3) is 0.625. The zero-order valence-electron chi connectivity index (χ0n) is 7.36. The number of nitrogen functional groups attached to an aromatic ring is 1. The molecule has 0 radical (unpaired) electrons. The molecular weight excluding hydrogens is 154 g/mol. The number of nitrogens with zero attached hydrogens (tertiary/aromatic N) is 2. The fourth-order valence-corrected chi connectivity index (χ4v) is 0.939. The molecule has 68 valence electrons. The van der Waals surface area contributed by atoms with Crippen LogP contribution < -0.4 is 5.73 Å². The van der Waals surface area contributed by atoms with Crippen molar-refractivity contribution in [1.82, 2.24) is 9.55 Å². The molecule has 1 aromatic heterocycles. The highest BCUT2D eigenvalue weighted by molar-refractivity contribution is 5.16. The summed E-state index contributed by atoms with van der Waals surface area (Å²) in [6.07, 6.45) is 4.60. The van der Waals surface area contributed by atoms with Gasteiger partial charge in [0.05, 0.1) is 6.61 Å². The summed E-state index contributed by atoms with van der Waals surface area (Å²) < 4.78 is 7.18. The number of hydrogen-bond donors (Lipinski definition) is 1. The third-order valence-electron chi connectivity index (χ3n) is 1.57. The minimum atomic E-state index is 0.551. The molecule has 1 aromatic rings. The van der Waals surface area contributed by atoms with E-state index in [1.54, 1.807) is 6.20 Å². The van der Waals surface area contributed by atoms with Gasteiger partial charge in [0.15, 0.2) is 5.95 Å². The Hall–Kier alpha value is -1.03. The lowest BCUT2D eigenvalue weighted by Gasteiger charge is -2.04. The number of anilines is 1. The largest absolute Gasteiger partial charge is 0.380 e. The van der Waals surface area contributed by atoms with Gasteiger partial charge in [-0.2, -0.15) is 0 Å². The first-order valence-corrected chi connectivity index (χ1v) is 4.19. The van der Waals surface area contributed by atoms with E-state index in [9.17, 15) is 0 Å². The summed E-state index contributed by atoms with van der Waals surface area (Å²) in [5.41, 5.74) is 5.55. The highest BCUT2D eigenvalue weighted by Crippen LogP contribution is 1.97. The number of rotatable bonds is 5. The maximum Gasteiger partial charge on any atom is 0.200 e. The molecule has 12 heavy (non-hydrogen) atoms. The minimum Gasteiger partial charge on any atom is -0.380 e. The van der Waals surface area contributed by atoms with Crippen LogP contribution in [0.1, 0.15) is 13.3 Å². The van der Waals surface area contributed by atoms with Gasteiger partial charge in [0, 0.05) is 25.5 Å². The van der Waals surface area contributed by atoms with Crippen molar-refractivity contribution in [3.63, 3.8) is 0 Å². The summed E-state index contributed by atoms with van der Waals surface area (Å²) in [7, 11) is 0. The smallest absolute Gasteiger partial charge is 0.200 e. The molecule has 0 aromatic carbocycles. The van der Waals surface area contributed by atoms with Gasteiger partial charge in [-0.3, -0.25) is 0 Å². The summed E-state index contributed by atoms with van der Waals surface area (Å²) in [6, 6.07) is 0. The monoisotopic (exact) mass is 169 g/mol. The van der Waals surface area contributed by atoms with Crippen molar-refractivity contribution in [3.05, 3.63) is 12.4 Å². The van der Waals surface area contributed by atoms with E-state index in [0.717, 1.165) is 19.6 Å². The zero-order chi connectivity index (χ0) is 8.81. The Kier molecular flexibility index (Phi) is 3.60. The number of ether oxygens (including phenoxy) is 1. The molecule has 0 atom stereocenters. The van der Waals surface area contributed by atoms with Gasteiger partial charge in [-0.05, 0) is 6.42 Å². The molecule has 0 aliphatic rings. The number of imidazole rings is 1. The second kappa shape index (κ2) is 4.77. The van der Waals surface area contributed by atoms with Gasteiger partial charge in [0.1, 0.15) is 0 Å². The van der Waals surface area contributed by atoms with Crippen molar-refractivity contribution in [3.8, 4) is 0 Å². The molecule has 0 fully saturated rings.